The van der Waals surface area contributed by atoms with Crippen molar-refractivity contribution in [3.8, 4) is 0 Å². The Hall–Kier alpha value is -1.53. The van der Waals surface area contributed by atoms with E-state index in [2.05, 4.69) is 46.5 Å². The van der Waals surface area contributed by atoms with E-state index in [9.17, 15) is 0 Å². The van der Waals surface area contributed by atoms with E-state index in [1.807, 2.05) is 12.3 Å². The lowest BCUT2D eigenvalue weighted by atomic mass is 9.97. The number of pyridine rings is 1. The molecule has 0 aliphatic rings. The van der Waals surface area contributed by atoms with Crippen LogP contribution < -0.4 is 5.32 Å². The van der Waals surface area contributed by atoms with E-state index in [0.717, 1.165) is 23.1 Å². The van der Waals surface area contributed by atoms with Gasteiger partial charge in [-0.1, -0.05) is 19.9 Å². The number of hydrogen-bond acceptors (Lipinski definition) is 6. The van der Waals surface area contributed by atoms with Gasteiger partial charge in [0.25, 0.3) is 0 Å². The summed E-state index contributed by atoms with van der Waals surface area (Å²) in [6.07, 6.45) is 2.58. The van der Waals surface area contributed by atoms with Crippen molar-refractivity contribution in [2.75, 3.05) is 19.0 Å². The second kappa shape index (κ2) is 7.47. The van der Waals surface area contributed by atoms with Gasteiger partial charge in [0, 0.05) is 31.3 Å². The summed E-state index contributed by atoms with van der Waals surface area (Å²) in [5.74, 6) is 1.23. The van der Waals surface area contributed by atoms with Crippen molar-refractivity contribution >= 4 is 16.7 Å². The zero-order chi connectivity index (χ0) is 15.2. The van der Waals surface area contributed by atoms with Crippen LogP contribution in [0.5, 0.6) is 0 Å². The molecule has 1 unspecified atom stereocenters. The highest BCUT2D eigenvalue weighted by Crippen LogP contribution is 2.27. The van der Waals surface area contributed by atoms with Crippen molar-refractivity contribution in [3.05, 3.63) is 35.4 Å². The Bertz CT molecular complexity index is 570. The molecule has 0 bridgehead atoms. The molecule has 2 rings (SSSR count). The van der Waals surface area contributed by atoms with Crippen molar-refractivity contribution in [2.45, 2.75) is 33.2 Å². The van der Waals surface area contributed by atoms with Gasteiger partial charge in [-0.15, -0.1) is 0 Å². The molecule has 0 spiro atoms. The second-order valence-corrected chi connectivity index (χ2v) is 6.08. The lowest BCUT2D eigenvalue weighted by Gasteiger charge is -2.22. The lowest BCUT2D eigenvalue weighted by molar-refractivity contribution is 0.201. The van der Waals surface area contributed by atoms with Gasteiger partial charge in [-0.05, 0) is 24.5 Å². The molecule has 21 heavy (non-hydrogen) atoms. The summed E-state index contributed by atoms with van der Waals surface area (Å²) in [4.78, 5) is 9.04. The van der Waals surface area contributed by atoms with Crippen LogP contribution in [0.15, 0.2) is 18.3 Å². The van der Waals surface area contributed by atoms with Gasteiger partial charge in [-0.2, -0.15) is 4.37 Å². The summed E-state index contributed by atoms with van der Waals surface area (Å²) in [5.41, 5.74) is 2.26. The molecule has 5 nitrogen and oxygen atoms in total. The molecule has 1 atom stereocenters. The van der Waals surface area contributed by atoms with E-state index in [1.54, 1.807) is 7.11 Å². The standard InChI is InChI=1S/C15H22N4OS/c1-10(2)13(14-11(3)6-5-8-16-14)18-15-17-12(19-21-15)7-9-20-4/h5-6,8,10,13H,7,9H2,1-4H3,(H,17,18,19). The van der Waals surface area contributed by atoms with Crippen LogP contribution in [0.3, 0.4) is 0 Å². The van der Waals surface area contributed by atoms with E-state index in [0.29, 0.717) is 12.5 Å². The predicted octanol–water partition coefficient (Wildman–Crippen LogP) is 3.24. The van der Waals surface area contributed by atoms with E-state index in [4.69, 9.17) is 4.74 Å². The Morgan fingerprint density at radius 3 is 2.86 bits per heavy atom. The highest BCUT2D eigenvalue weighted by molar-refractivity contribution is 7.09. The number of anilines is 1. The largest absolute Gasteiger partial charge is 0.384 e. The zero-order valence-corrected chi connectivity index (χ0v) is 13.8. The first-order chi connectivity index (χ1) is 10.1. The molecule has 0 aromatic carbocycles. The fourth-order valence-electron chi connectivity index (χ4n) is 2.11. The fraction of sp³-hybridized carbons (Fsp3) is 0.533. The number of nitrogens with one attached hydrogen (secondary N) is 1. The van der Waals surface area contributed by atoms with E-state index < -0.39 is 0 Å². The number of ether oxygens (including phenoxy) is 1. The van der Waals surface area contributed by atoms with Crippen molar-refractivity contribution in [3.63, 3.8) is 0 Å². The van der Waals surface area contributed by atoms with Crippen molar-refractivity contribution in [1.29, 1.82) is 0 Å². The van der Waals surface area contributed by atoms with Crippen LogP contribution in [0.2, 0.25) is 0 Å². The van der Waals surface area contributed by atoms with Gasteiger partial charge in [-0.25, -0.2) is 4.98 Å². The summed E-state index contributed by atoms with van der Waals surface area (Å²) >= 11 is 1.39. The Morgan fingerprint density at radius 1 is 1.38 bits per heavy atom. The first-order valence-electron chi connectivity index (χ1n) is 7.11. The Morgan fingerprint density at radius 2 is 2.19 bits per heavy atom. The Kier molecular flexibility index (Phi) is 5.64. The average molecular weight is 306 g/mol. The van der Waals surface area contributed by atoms with Crippen LogP contribution in [-0.2, 0) is 11.2 Å². The van der Waals surface area contributed by atoms with Gasteiger partial charge < -0.3 is 10.1 Å². The highest BCUT2D eigenvalue weighted by Gasteiger charge is 2.20. The predicted molar refractivity (Wildman–Crippen MR) is 85.7 cm³/mol. The Balaban J connectivity index is 2.13. The topological polar surface area (TPSA) is 59.9 Å². The number of rotatable bonds is 7. The zero-order valence-electron chi connectivity index (χ0n) is 13.0. The number of methoxy groups -OCH3 is 1. The molecule has 2 aromatic rings. The molecule has 1 N–H and O–H groups in total. The molecule has 0 saturated carbocycles. The average Bonchev–Trinajstić information content (AvgIpc) is 2.91. The summed E-state index contributed by atoms with van der Waals surface area (Å²) < 4.78 is 9.40. The number of aryl methyl sites for hydroxylation is 1. The normalized spacial score (nSPS) is 12.6. The number of nitrogens with zero attached hydrogens (tertiary/aromatic N) is 3. The maximum absolute atomic E-state index is 5.05. The minimum absolute atomic E-state index is 0.134. The molecule has 0 fully saturated rings. The van der Waals surface area contributed by atoms with Crippen LogP contribution >= 0.6 is 11.5 Å². The van der Waals surface area contributed by atoms with Crippen molar-refractivity contribution in [1.82, 2.24) is 14.3 Å². The van der Waals surface area contributed by atoms with E-state index in [1.165, 1.54) is 17.1 Å². The lowest BCUT2D eigenvalue weighted by Crippen LogP contribution is -2.19. The highest BCUT2D eigenvalue weighted by atomic mass is 32.1. The summed E-state index contributed by atoms with van der Waals surface area (Å²) in [6, 6.07) is 4.18. The third kappa shape index (κ3) is 4.22. The van der Waals surface area contributed by atoms with Crippen LogP contribution in [0, 0.1) is 12.8 Å². The van der Waals surface area contributed by atoms with Crippen molar-refractivity contribution in [2.24, 2.45) is 5.92 Å². The minimum Gasteiger partial charge on any atom is -0.384 e. The van der Waals surface area contributed by atoms with E-state index in [-0.39, 0.29) is 6.04 Å². The monoisotopic (exact) mass is 306 g/mol. The first kappa shape index (κ1) is 15.9. The molecular formula is C15H22N4OS. The van der Waals surface area contributed by atoms with Gasteiger partial charge >= 0.3 is 0 Å². The first-order valence-corrected chi connectivity index (χ1v) is 7.88. The summed E-state index contributed by atoms with van der Waals surface area (Å²) in [5, 5.41) is 4.31. The van der Waals surface area contributed by atoms with Crippen LogP contribution in [-0.4, -0.2) is 28.1 Å². The SMILES string of the molecule is COCCc1nsc(NC(c2ncccc2C)C(C)C)n1. The molecule has 0 saturated heterocycles. The number of aromatic nitrogens is 3. The van der Waals surface area contributed by atoms with Gasteiger partial charge in [0.2, 0.25) is 5.13 Å². The van der Waals surface area contributed by atoms with Gasteiger partial charge in [0.1, 0.15) is 5.82 Å². The van der Waals surface area contributed by atoms with Crippen LogP contribution in [0.4, 0.5) is 5.13 Å². The van der Waals surface area contributed by atoms with Gasteiger partial charge in [0.15, 0.2) is 0 Å². The summed E-state index contributed by atoms with van der Waals surface area (Å²) in [6.45, 7) is 7.09. The molecular weight excluding hydrogens is 284 g/mol. The molecule has 0 radical (unpaired) electrons. The molecule has 0 aliphatic carbocycles. The van der Waals surface area contributed by atoms with Crippen LogP contribution in [0.1, 0.15) is 37.0 Å². The molecule has 0 amide bonds. The van der Waals surface area contributed by atoms with Crippen LogP contribution in [0.25, 0.3) is 0 Å². The van der Waals surface area contributed by atoms with E-state index >= 15 is 0 Å². The maximum atomic E-state index is 5.05. The molecule has 0 aliphatic heterocycles. The smallest absolute Gasteiger partial charge is 0.203 e. The minimum atomic E-state index is 0.134. The summed E-state index contributed by atoms with van der Waals surface area (Å²) in [7, 11) is 1.68. The Labute approximate surface area is 130 Å². The van der Waals surface area contributed by atoms with Gasteiger partial charge in [0.05, 0.1) is 18.3 Å². The molecule has 114 valence electrons. The van der Waals surface area contributed by atoms with Crippen molar-refractivity contribution < 1.29 is 4.74 Å². The number of hydrogen-bond donors (Lipinski definition) is 1. The molecule has 6 heteroatoms. The third-order valence-corrected chi connectivity index (χ3v) is 3.97. The maximum Gasteiger partial charge on any atom is 0.203 e. The van der Waals surface area contributed by atoms with Gasteiger partial charge in [-0.3, -0.25) is 4.98 Å². The molecule has 2 heterocycles. The fourth-order valence-corrected chi connectivity index (χ4v) is 2.76. The molecule has 2 aromatic heterocycles. The third-order valence-electron chi connectivity index (χ3n) is 3.29. The quantitative estimate of drug-likeness (QED) is 0.851. The second-order valence-electron chi connectivity index (χ2n) is 5.33.